The average molecular weight is 612 g/mol. The monoisotopic (exact) mass is 611 g/mol. The van der Waals surface area contributed by atoms with Crippen LogP contribution in [0.3, 0.4) is 0 Å². The van der Waals surface area contributed by atoms with E-state index < -0.39 is 57.4 Å². The number of sulfone groups is 1. The molecule has 0 saturated heterocycles. The fourth-order valence-electron chi connectivity index (χ4n) is 4.12. The zero-order valence-electron chi connectivity index (χ0n) is 24.4. The molecular formula is C30H43F2N3O6S. The molecule has 0 fully saturated rings. The molecule has 0 bridgehead atoms. The van der Waals surface area contributed by atoms with Gasteiger partial charge in [-0.15, -0.1) is 0 Å². The summed E-state index contributed by atoms with van der Waals surface area (Å²) in [6, 6.07) is 9.10. The number of nitrogens with one attached hydrogen (secondary N) is 3. The topological polar surface area (TPSA) is 134 Å². The lowest BCUT2D eigenvalue weighted by Crippen LogP contribution is -2.56. The Labute approximate surface area is 247 Å². The van der Waals surface area contributed by atoms with E-state index in [1.165, 1.54) is 0 Å². The molecule has 0 radical (unpaired) electrons. The zero-order chi connectivity index (χ0) is 31.1. The Bertz CT molecular complexity index is 1210. The second-order valence-corrected chi connectivity index (χ2v) is 13.0. The lowest BCUT2D eigenvalue weighted by molar-refractivity contribution is -0.124. The molecule has 0 saturated carbocycles. The number of benzene rings is 2. The maximum Gasteiger partial charge on any atom is 0.408 e. The number of hydrogen-bond acceptors (Lipinski definition) is 7. The van der Waals surface area contributed by atoms with Gasteiger partial charge in [-0.3, -0.25) is 4.79 Å². The van der Waals surface area contributed by atoms with Gasteiger partial charge in [0.05, 0.1) is 23.7 Å². The number of aliphatic hydroxyl groups is 1. The van der Waals surface area contributed by atoms with Crippen LogP contribution in [0.25, 0.3) is 0 Å². The van der Waals surface area contributed by atoms with Crippen LogP contribution in [-0.4, -0.2) is 68.3 Å². The van der Waals surface area contributed by atoms with E-state index in [1.807, 2.05) is 20.8 Å². The molecule has 2 aromatic rings. The fourth-order valence-corrected chi connectivity index (χ4v) is 5.76. The Hall–Kier alpha value is -3.09. The van der Waals surface area contributed by atoms with Crippen molar-refractivity contribution in [1.82, 2.24) is 16.0 Å². The minimum Gasteiger partial charge on any atom is -0.445 e. The molecule has 0 unspecified atom stereocenters. The largest absolute Gasteiger partial charge is 0.445 e. The molecule has 0 heterocycles. The number of rotatable bonds is 18. The second kappa shape index (κ2) is 17.8. The molecule has 12 heteroatoms. The van der Waals surface area contributed by atoms with Gasteiger partial charge in [0.25, 0.3) is 0 Å². The van der Waals surface area contributed by atoms with Crippen LogP contribution in [0.2, 0.25) is 0 Å². The maximum absolute atomic E-state index is 13.9. The molecule has 4 N–H and O–H groups in total. The smallest absolute Gasteiger partial charge is 0.408 e. The average Bonchev–Trinajstić information content (AvgIpc) is 2.92. The summed E-state index contributed by atoms with van der Waals surface area (Å²) in [6.45, 7) is 6.48. The molecule has 3 atom stereocenters. The summed E-state index contributed by atoms with van der Waals surface area (Å²) < 4.78 is 58.5. The van der Waals surface area contributed by atoms with Gasteiger partial charge in [-0.1, -0.05) is 57.5 Å². The Morgan fingerprint density at radius 1 is 1.00 bits per heavy atom. The molecule has 0 spiro atoms. The van der Waals surface area contributed by atoms with Gasteiger partial charge in [0.1, 0.15) is 24.3 Å². The molecule has 9 nitrogen and oxygen atoms in total. The molecule has 2 aromatic carbocycles. The third kappa shape index (κ3) is 13.7. The first-order chi connectivity index (χ1) is 19.9. The first-order valence-corrected chi connectivity index (χ1v) is 16.0. The molecule has 2 amide bonds. The van der Waals surface area contributed by atoms with E-state index >= 15 is 0 Å². The lowest BCUT2D eigenvalue weighted by atomic mass is 10.00. The van der Waals surface area contributed by atoms with Crippen molar-refractivity contribution in [2.75, 3.05) is 24.6 Å². The van der Waals surface area contributed by atoms with E-state index in [9.17, 15) is 31.9 Å². The maximum atomic E-state index is 13.9. The Morgan fingerprint density at radius 3 is 2.29 bits per heavy atom. The number of aliphatic hydroxyl groups excluding tert-OH is 1. The van der Waals surface area contributed by atoms with Crippen LogP contribution in [0.1, 0.15) is 51.2 Å². The van der Waals surface area contributed by atoms with Crippen molar-refractivity contribution in [3.63, 3.8) is 0 Å². The number of hydrogen-bond donors (Lipinski definition) is 4. The number of carbonyl (C=O) groups is 2. The normalized spacial score (nSPS) is 13.8. The van der Waals surface area contributed by atoms with Gasteiger partial charge in [-0.05, 0) is 55.0 Å². The van der Waals surface area contributed by atoms with Crippen molar-refractivity contribution in [2.24, 2.45) is 5.92 Å². The molecule has 0 aliphatic heterocycles. The van der Waals surface area contributed by atoms with Crippen molar-refractivity contribution >= 4 is 21.8 Å². The number of amides is 2. The summed E-state index contributed by atoms with van der Waals surface area (Å²) >= 11 is 0. The van der Waals surface area contributed by atoms with E-state index in [2.05, 4.69) is 16.0 Å². The number of alkyl carbamates (subject to hydrolysis) is 1. The quantitative estimate of drug-likeness (QED) is 0.190. The van der Waals surface area contributed by atoms with E-state index in [0.29, 0.717) is 36.9 Å². The minimum atomic E-state index is -3.76. The van der Waals surface area contributed by atoms with Crippen LogP contribution in [0.15, 0.2) is 48.5 Å². The highest BCUT2D eigenvalue weighted by Gasteiger charge is 2.31. The van der Waals surface area contributed by atoms with Crippen LogP contribution in [0.5, 0.6) is 0 Å². The number of unbranched alkanes of at least 4 members (excludes halogenated alkanes) is 1. The van der Waals surface area contributed by atoms with Crippen molar-refractivity contribution < 1.29 is 36.6 Å². The summed E-state index contributed by atoms with van der Waals surface area (Å²) in [5.41, 5.74) is 0.876. The van der Waals surface area contributed by atoms with Crippen molar-refractivity contribution in [1.29, 1.82) is 0 Å². The summed E-state index contributed by atoms with van der Waals surface area (Å²) in [7, 11) is -3.76. The third-order valence-electron chi connectivity index (χ3n) is 6.47. The highest BCUT2D eigenvalue weighted by molar-refractivity contribution is 7.91. The van der Waals surface area contributed by atoms with Crippen LogP contribution < -0.4 is 16.0 Å². The fraction of sp³-hybridized carbons (Fsp3) is 0.533. The van der Waals surface area contributed by atoms with Gasteiger partial charge < -0.3 is 25.8 Å². The van der Waals surface area contributed by atoms with E-state index in [0.717, 1.165) is 18.6 Å². The van der Waals surface area contributed by atoms with E-state index in [1.54, 1.807) is 30.3 Å². The minimum absolute atomic E-state index is 0.0570. The number of halogens is 2. The molecule has 234 valence electrons. The first-order valence-electron chi connectivity index (χ1n) is 14.2. The van der Waals surface area contributed by atoms with Gasteiger partial charge in [0.2, 0.25) is 5.91 Å². The van der Waals surface area contributed by atoms with Crippen LogP contribution in [0.4, 0.5) is 13.6 Å². The SMILES string of the molecule is CCCCS(=O)(=O)C[C@@H](NC(=O)OCc1ccccc1)C(=O)N[C@@H](Cc1cc(F)cc(F)c1)[C@H](O)CNCCC(C)C. The van der Waals surface area contributed by atoms with Crippen LogP contribution >= 0.6 is 0 Å². The third-order valence-corrected chi connectivity index (χ3v) is 8.22. The van der Waals surface area contributed by atoms with Crippen molar-refractivity contribution in [3.05, 3.63) is 71.3 Å². The summed E-state index contributed by atoms with van der Waals surface area (Å²) in [5.74, 6) is -2.96. The van der Waals surface area contributed by atoms with Gasteiger partial charge in [-0.2, -0.15) is 0 Å². The lowest BCUT2D eigenvalue weighted by Gasteiger charge is -2.27. The Balaban J connectivity index is 2.23. The highest BCUT2D eigenvalue weighted by Crippen LogP contribution is 2.13. The van der Waals surface area contributed by atoms with Crippen LogP contribution in [-0.2, 0) is 32.4 Å². The summed E-state index contributed by atoms with van der Waals surface area (Å²) in [6.07, 6.45) is -0.513. The van der Waals surface area contributed by atoms with Gasteiger partial charge in [0, 0.05) is 12.6 Å². The molecule has 0 aliphatic carbocycles. The second-order valence-electron chi connectivity index (χ2n) is 10.8. The van der Waals surface area contributed by atoms with Crippen molar-refractivity contribution in [2.45, 2.75) is 71.2 Å². The molecule has 42 heavy (non-hydrogen) atoms. The predicted molar refractivity (Wildman–Crippen MR) is 157 cm³/mol. The Morgan fingerprint density at radius 2 is 1.67 bits per heavy atom. The van der Waals surface area contributed by atoms with Gasteiger partial charge in [-0.25, -0.2) is 22.0 Å². The van der Waals surface area contributed by atoms with Crippen molar-refractivity contribution in [3.8, 4) is 0 Å². The van der Waals surface area contributed by atoms with E-state index in [4.69, 9.17) is 4.74 Å². The standard InChI is InChI=1S/C30H43F2N3O6S/c1-4-5-13-42(39,40)20-27(35-30(38)41-19-22-9-7-6-8-10-22)29(37)34-26(28(36)18-33-12-11-21(2)3)16-23-14-24(31)17-25(32)15-23/h6-10,14-15,17,21,26-28,33,36H,4-5,11-13,16,18-20H2,1-3H3,(H,34,37)(H,35,38)/t26-,27+,28+/m0/s1. The van der Waals surface area contributed by atoms with Gasteiger partial charge >= 0.3 is 6.09 Å². The van der Waals surface area contributed by atoms with E-state index in [-0.39, 0.29) is 30.9 Å². The predicted octanol–water partition coefficient (Wildman–Crippen LogP) is 3.50. The highest BCUT2D eigenvalue weighted by atomic mass is 32.2. The van der Waals surface area contributed by atoms with Gasteiger partial charge in [0.15, 0.2) is 9.84 Å². The number of ether oxygens (including phenoxy) is 1. The molecule has 2 rings (SSSR count). The Kier molecular flexibility index (Phi) is 14.9. The molecular weight excluding hydrogens is 568 g/mol. The first kappa shape index (κ1) is 35.1. The summed E-state index contributed by atoms with van der Waals surface area (Å²) in [4.78, 5) is 26.0. The number of carbonyl (C=O) groups excluding carboxylic acids is 2. The zero-order valence-corrected chi connectivity index (χ0v) is 25.3. The molecule has 0 aromatic heterocycles. The molecule has 0 aliphatic rings. The van der Waals surface area contributed by atoms with Crippen LogP contribution in [0, 0.1) is 17.6 Å². The summed E-state index contributed by atoms with van der Waals surface area (Å²) in [5, 5.41) is 19.0.